The average Bonchev–Trinajstić information content (AvgIpc) is 3.19. The van der Waals surface area contributed by atoms with Gasteiger partial charge in [0.2, 0.25) is 0 Å². The molecule has 1 unspecified atom stereocenters. The molecule has 1 saturated heterocycles. The third-order valence-corrected chi connectivity index (χ3v) is 5.51. The average molecular weight is 540 g/mol. The third kappa shape index (κ3) is 8.12. The summed E-state index contributed by atoms with van der Waals surface area (Å²) in [4.78, 5) is 7.21. The topological polar surface area (TPSA) is 73.0 Å². The van der Waals surface area contributed by atoms with Gasteiger partial charge in [0.05, 0.1) is 13.1 Å². The number of aryl methyl sites for hydroxylation is 1. The van der Waals surface area contributed by atoms with Crippen molar-refractivity contribution < 1.29 is 9.52 Å². The molecule has 0 bridgehead atoms. The number of hydrogen-bond acceptors (Lipinski definition) is 4. The maximum Gasteiger partial charge on any atom is 0.191 e. The summed E-state index contributed by atoms with van der Waals surface area (Å²) in [5, 5.41) is 17.2. The van der Waals surface area contributed by atoms with E-state index < -0.39 is 5.60 Å². The SMILES string of the molecule is CCNC(=NCc1ccc(CN2CCCCC2)cc1)NCC(C)(O)c1ccc(C)o1.I. The fraction of sp³-hybridized carbons (Fsp3) is 0.542. The Balaban J connectivity index is 0.00000341. The first-order valence-corrected chi connectivity index (χ1v) is 11.1. The van der Waals surface area contributed by atoms with Gasteiger partial charge in [-0.05, 0) is 70.0 Å². The van der Waals surface area contributed by atoms with E-state index in [-0.39, 0.29) is 24.0 Å². The Hall–Kier alpha value is -1.58. The lowest BCUT2D eigenvalue weighted by Crippen LogP contribution is -2.44. The van der Waals surface area contributed by atoms with Gasteiger partial charge in [-0.1, -0.05) is 30.7 Å². The zero-order valence-corrected chi connectivity index (χ0v) is 21.3. The van der Waals surface area contributed by atoms with Crippen LogP contribution in [0.1, 0.15) is 55.8 Å². The summed E-state index contributed by atoms with van der Waals surface area (Å²) in [6.45, 7) is 10.7. The van der Waals surface area contributed by atoms with Gasteiger partial charge in [0.25, 0.3) is 0 Å². The van der Waals surface area contributed by atoms with Crippen molar-refractivity contribution in [1.29, 1.82) is 0 Å². The highest BCUT2D eigenvalue weighted by Gasteiger charge is 2.27. The molecule has 0 aliphatic carbocycles. The first kappa shape index (κ1) is 25.7. The number of aliphatic imine (C=N–C) groups is 1. The normalized spacial score (nSPS) is 17.0. The van der Waals surface area contributed by atoms with Gasteiger partial charge in [0, 0.05) is 13.1 Å². The van der Waals surface area contributed by atoms with Crippen molar-refractivity contribution in [2.24, 2.45) is 4.99 Å². The maximum atomic E-state index is 10.7. The van der Waals surface area contributed by atoms with Crippen molar-refractivity contribution in [2.75, 3.05) is 26.2 Å². The van der Waals surface area contributed by atoms with Crippen LogP contribution in [0.4, 0.5) is 0 Å². The molecule has 0 saturated carbocycles. The van der Waals surface area contributed by atoms with Crippen LogP contribution in [0.5, 0.6) is 0 Å². The van der Waals surface area contributed by atoms with Gasteiger partial charge in [-0.3, -0.25) is 4.90 Å². The van der Waals surface area contributed by atoms with E-state index in [1.807, 2.05) is 26.0 Å². The smallest absolute Gasteiger partial charge is 0.191 e. The number of halogens is 1. The molecule has 2 aromatic rings. The van der Waals surface area contributed by atoms with E-state index in [0.717, 1.165) is 18.8 Å². The zero-order valence-electron chi connectivity index (χ0n) is 19.0. The Labute approximate surface area is 203 Å². The minimum atomic E-state index is -1.11. The Morgan fingerprint density at radius 2 is 1.74 bits per heavy atom. The lowest BCUT2D eigenvalue weighted by atomic mass is 10.0. The Morgan fingerprint density at radius 3 is 2.35 bits per heavy atom. The molecule has 0 radical (unpaired) electrons. The first-order chi connectivity index (χ1) is 14.5. The number of nitrogens with zero attached hydrogens (tertiary/aromatic N) is 2. The predicted molar refractivity (Wildman–Crippen MR) is 137 cm³/mol. The molecule has 3 rings (SSSR count). The summed E-state index contributed by atoms with van der Waals surface area (Å²) in [6, 6.07) is 12.4. The van der Waals surface area contributed by atoms with Gasteiger partial charge in [0.1, 0.15) is 17.1 Å². The fourth-order valence-corrected chi connectivity index (χ4v) is 3.70. The van der Waals surface area contributed by atoms with Gasteiger partial charge >= 0.3 is 0 Å². The van der Waals surface area contributed by atoms with Crippen molar-refractivity contribution in [1.82, 2.24) is 15.5 Å². The molecule has 0 amide bonds. The zero-order chi connectivity index (χ0) is 21.4. The van der Waals surface area contributed by atoms with Gasteiger partial charge in [-0.25, -0.2) is 4.99 Å². The highest BCUT2D eigenvalue weighted by molar-refractivity contribution is 14.0. The van der Waals surface area contributed by atoms with Crippen molar-refractivity contribution in [3.8, 4) is 0 Å². The monoisotopic (exact) mass is 540 g/mol. The minimum Gasteiger partial charge on any atom is -0.463 e. The third-order valence-electron chi connectivity index (χ3n) is 5.51. The highest BCUT2D eigenvalue weighted by atomic mass is 127. The summed E-state index contributed by atoms with van der Waals surface area (Å²) < 4.78 is 5.58. The highest BCUT2D eigenvalue weighted by Crippen LogP contribution is 2.22. The number of guanidine groups is 1. The van der Waals surface area contributed by atoms with Crippen molar-refractivity contribution in [3.05, 3.63) is 59.0 Å². The van der Waals surface area contributed by atoms with E-state index in [9.17, 15) is 5.11 Å². The number of nitrogens with one attached hydrogen (secondary N) is 2. The molecular formula is C24H37IN4O2. The van der Waals surface area contributed by atoms with E-state index >= 15 is 0 Å². The maximum absolute atomic E-state index is 10.7. The van der Waals surface area contributed by atoms with Crippen LogP contribution in [0, 0.1) is 6.92 Å². The second-order valence-corrected chi connectivity index (χ2v) is 8.39. The number of likely N-dealkylation sites (tertiary alicyclic amines) is 1. The lowest BCUT2D eigenvalue weighted by molar-refractivity contribution is 0.0378. The largest absolute Gasteiger partial charge is 0.463 e. The molecule has 1 fully saturated rings. The van der Waals surface area contributed by atoms with Crippen LogP contribution in [0.3, 0.4) is 0 Å². The van der Waals surface area contributed by atoms with Crippen molar-refractivity contribution >= 4 is 29.9 Å². The summed E-state index contributed by atoms with van der Waals surface area (Å²) in [7, 11) is 0. The number of piperidine rings is 1. The number of aliphatic hydroxyl groups is 1. The molecule has 2 heterocycles. The van der Waals surface area contributed by atoms with Gasteiger partial charge < -0.3 is 20.2 Å². The van der Waals surface area contributed by atoms with Gasteiger partial charge in [-0.2, -0.15) is 0 Å². The Morgan fingerprint density at radius 1 is 1.06 bits per heavy atom. The van der Waals surface area contributed by atoms with Crippen LogP contribution < -0.4 is 10.6 Å². The van der Waals surface area contributed by atoms with Crippen LogP contribution in [0.15, 0.2) is 45.8 Å². The minimum absolute atomic E-state index is 0. The molecule has 1 aromatic carbocycles. The summed E-state index contributed by atoms with van der Waals surface area (Å²) in [5.41, 5.74) is 1.42. The molecule has 0 spiro atoms. The molecule has 31 heavy (non-hydrogen) atoms. The second kappa shape index (κ2) is 12.5. The first-order valence-electron chi connectivity index (χ1n) is 11.1. The standard InChI is InChI=1S/C24H36N4O2.HI/c1-4-25-23(27-18-24(3,29)22-13-8-19(2)30-22)26-16-20-9-11-21(12-10-20)17-28-14-6-5-7-15-28;/h8-13,29H,4-7,14-18H2,1-3H3,(H2,25,26,27);1H. The summed E-state index contributed by atoms with van der Waals surface area (Å²) in [6.07, 6.45) is 4.00. The predicted octanol–water partition coefficient (Wildman–Crippen LogP) is 4.15. The second-order valence-electron chi connectivity index (χ2n) is 8.39. The summed E-state index contributed by atoms with van der Waals surface area (Å²) >= 11 is 0. The van der Waals surface area contributed by atoms with Crippen molar-refractivity contribution in [3.63, 3.8) is 0 Å². The van der Waals surface area contributed by atoms with E-state index in [2.05, 4.69) is 44.8 Å². The molecule has 172 valence electrons. The molecule has 1 aromatic heterocycles. The lowest BCUT2D eigenvalue weighted by Gasteiger charge is -2.26. The van der Waals surface area contributed by atoms with E-state index in [1.165, 1.54) is 43.5 Å². The molecule has 1 aliphatic rings. The summed E-state index contributed by atoms with van der Waals surface area (Å²) in [5.74, 6) is 2.01. The van der Waals surface area contributed by atoms with E-state index in [4.69, 9.17) is 4.42 Å². The molecule has 3 N–H and O–H groups in total. The molecule has 7 heteroatoms. The Kier molecular flexibility index (Phi) is 10.3. The van der Waals surface area contributed by atoms with Crippen LogP contribution in [0.25, 0.3) is 0 Å². The van der Waals surface area contributed by atoms with Gasteiger partial charge in [-0.15, -0.1) is 24.0 Å². The van der Waals surface area contributed by atoms with Crippen LogP contribution >= 0.6 is 24.0 Å². The quantitative estimate of drug-likeness (QED) is 0.267. The Bertz CT molecular complexity index is 811. The number of furan rings is 1. The van der Waals surface area contributed by atoms with E-state index in [1.54, 1.807) is 6.92 Å². The molecule has 1 aliphatic heterocycles. The van der Waals surface area contributed by atoms with Crippen LogP contribution in [0.2, 0.25) is 0 Å². The number of rotatable bonds is 8. The van der Waals surface area contributed by atoms with Gasteiger partial charge in [0.15, 0.2) is 5.96 Å². The van der Waals surface area contributed by atoms with Crippen LogP contribution in [-0.4, -0.2) is 42.1 Å². The van der Waals surface area contributed by atoms with Crippen LogP contribution in [-0.2, 0) is 18.7 Å². The number of benzene rings is 1. The number of hydrogen-bond donors (Lipinski definition) is 3. The molecule has 1 atom stereocenters. The fourth-order valence-electron chi connectivity index (χ4n) is 3.70. The van der Waals surface area contributed by atoms with E-state index in [0.29, 0.717) is 24.8 Å². The molecule has 6 nitrogen and oxygen atoms in total. The van der Waals surface area contributed by atoms with Crippen molar-refractivity contribution in [2.45, 2.75) is 58.7 Å². The molecular weight excluding hydrogens is 503 g/mol.